The van der Waals surface area contributed by atoms with Crippen LogP contribution in [0.3, 0.4) is 0 Å². The van der Waals surface area contributed by atoms with E-state index >= 15 is 0 Å². The minimum atomic E-state index is -5.19. The second kappa shape index (κ2) is 7.61. The summed E-state index contributed by atoms with van der Waals surface area (Å²) in [5.41, 5.74) is 2.77. The van der Waals surface area contributed by atoms with E-state index in [2.05, 4.69) is 54.1 Å². The topological polar surface area (TPSA) is 43.1 Å². The largest absolute Gasteiger partial charge is 0.542 e. The van der Waals surface area contributed by atoms with Gasteiger partial charge in [0.15, 0.2) is 12.8 Å². The Morgan fingerprint density at radius 2 is 1.86 bits per heavy atom. The molecule has 0 radical (unpaired) electrons. The van der Waals surface area contributed by atoms with Crippen molar-refractivity contribution in [3.8, 4) is 0 Å². The average Bonchev–Trinajstić information content (AvgIpc) is 2.39. The molecule has 0 fully saturated rings. The fourth-order valence-corrected chi connectivity index (χ4v) is 1.81. The van der Waals surface area contributed by atoms with E-state index in [9.17, 15) is 13.2 Å². The number of hydrogen-bond acceptors (Lipinski definition) is 2. The summed E-state index contributed by atoms with van der Waals surface area (Å²) < 4.78 is 33.9. The van der Waals surface area contributed by atoms with Crippen molar-refractivity contribution in [1.29, 1.82) is 0 Å². The summed E-state index contributed by atoms with van der Waals surface area (Å²) >= 11 is 0. The molecule has 2 rings (SSSR count). The Balaban J connectivity index is 0.000000270. The van der Waals surface area contributed by atoms with E-state index in [1.54, 1.807) is 0 Å². The number of benzene rings is 1. The van der Waals surface area contributed by atoms with Gasteiger partial charge in [-0.1, -0.05) is 36.4 Å². The number of nitrogens with zero attached hydrogens (tertiary/aromatic N) is 1. The molecular formula is C15H16F3NO2. The number of carboxylic acids is 1. The number of halogens is 3. The number of rotatable bonds is 2. The fraction of sp³-hybridized carbons (Fsp3) is 0.333. The van der Waals surface area contributed by atoms with Crippen LogP contribution in [0.1, 0.15) is 18.9 Å². The number of alkyl halides is 3. The fourth-order valence-electron chi connectivity index (χ4n) is 1.81. The molecule has 0 amide bonds. The van der Waals surface area contributed by atoms with E-state index in [1.165, 1.54) is 17.6 Å². The molecule has 3 nitrogen and oxygen atoms in total. The van der Waals surface area contributed by atoms with E-state index in [-0.39, 0.29) is 0 Å². The smallest absolute Gasteiger partial charge is 0.430 e. The molecule has 0 aliphatic carbocycles. The number of carbonyl (C=O) groups is 1. The summed E-state index contributed by atoms with van der Waals surface area (Å²) in [6, 6.07) is 10.6. The lowest BCUT2D eigenvalue weighted by atomic mass is 10.1. The first kappa shape index (κ1) is 16.9. The van der Waals surface area contributed by atoms with Crippen molar-refractivity contribution in [2.45, 2.75) is 26.1 Å². The van der Waals surface area contributed by atoms with E-state index in [0.29, 0.717) is 0 Å². The molecule has 114 valence electrons. The third kappa shape index (κ3) is 6.74. The summed E-state index contributed by atoms with van der Waals surface area (Å²) in [4.78, 5) is 8.78. The SMILES string of the molecule is CC1=CCC[N+](Cc2ccccc2)=C1.O=C([O-])C(F)(F)F. The number of carboxylic acid groups (broad SMARTS) is 1. The van der Waals surface area contributed by atoms with Gasteiger partial charge in [-0.15, -0.1) is 0 Å². The summed E-state index contributed by atoms with van der Waals surface area (Å²) in [6.45, 7) is 4.34. The number of aliphatic carboxylic acids is 1. The Bertz CT molecular complexity index is 534. The zero-order valence-electron chi connectivity index (χ0n) is 11.6. The first-order valence-corrected chi connectivity index (χ1v) is 6.37. The lowest BCUT2D eigenvalue weighted by molar-refractivity contribution is -0.539. The van der Waals surface area contributed by atoms with Gasteiger partial charge in [0.05, 0.1) is 0 Å². The highest BCUT2D eigenvalue weighted by Gasteiger charge is 2.28. The zero-order valence-corrected chi connectivity index (χ0v) is 11.6. The summed E-state index contributed by atoms with van der Waals surface area (Å²) in [5.74, 6) is -3.01. The molecule has 0 spiro atoms. The molecule has 0 atom stereocenters. The maximum atomic E-state index is 10.5. The van der Waals surface area contributed by atoms with Crippen molar-refractivity contribution in [3.63, 3.8) is 0 Å². The zero-order chi connectivity index (χ0) is 15.9. The lowest BCUT2D eigenvalue weighted by Crippen LogP contribution is -2.37. The van der Waals surface area contributed by atoms with Gasteiger partial charge < -0.3 is 9.90 Å². The van der Waals surface area contributed by atoms with Crippen LogP contribution < -0.4 is 5.11 Å². The highest BCUT2D eigenvalue weighted by Crippen LogP contribution is 2.11. The van der Waals surface area contributed by atoms with Crippen LogP contribution in [0.25, 0.3) is 0 Å². The van der Waals surface area contributed by atoms with Gasteiger partial charge in [-0.2, -0.15) is 13.2 Å². The lowest BCUT2D eigenvalue weighted by Gasteiger charge is -2.07. The van der Waals surface area contributed by atoms with Crippen LogP contribution in [-0.2, 0) is 11.3 Å². The molecule has 0 saturated carbocycles. The van der Waals surface area contributed by atoms with Crippen molar-refractivity contribution in [2.75, 3.05) is 6.54 Å². The quantitative estimate of drug-likeness (QED) is 0.783. The van der Waals surface area contributed by atoms with Gasteiger partial charge in [0, 0.05) is 17.6 Å². The predicted molar refractivity (Wildman–Crippen MR) is 70.8 cm³/mol. The molecular weight excluding hydrogens is 283 g/mol. The van der Waals surface area contributed by atoms with Gasteiger partial charge in [0.25, 0.3) is 0 Å². The average molecular weight is 299 g/mol. The van der Waals surface area contributed by atoms with Crippen molar-refractivity contribution in [1.82, 2.24) is 0 Å². The Labute approximate surface area is 121 Å². The van der Waals surface area contributed by atoms with Crippen molar-refractivity contribution < 1.29 is 27.6 Å². The van der Waals surface area contributed by atoms with Crippen LogP contribution in [-0.4, -0.2) is 29.5 Å². The highest BCUT2D eigenvalue weighted by molar-refractivity contribution is 5.73. The minimum absolute atomic E-state index is 1.03. The van der Waals surface area contributed by atoms with Gasteiger partial charge in [0.1, 0.15) is 12.5 Å². The molecule has 6 heteroatoms. The van der Waals surface area contributed by atoms with Gasteiger partial charge in [-0.05, 0) is 6.92 Å². The molecule has 1 aliphatic rings. The third-order valence-corrected chi connectivity index (χ3v) is 2.73. The predicted octanol–water partition coefficient (Wildman–Crippen LogP) is 1.92. The Hall–Kier alpha value is -2.11. The molecule has 0 saturated heterocycles. The maximum absolute atomic E-state index is 10.5. The summed E-state index contributed by atoms with van der Waals surface area (Å²) in [7, 11) is 0. The van der Waals surface area contributed by atoms with Crippen LogP contribution in [0, 0.1) is 0 Å². The molecule has 0 aromatic heterocycles. The van der Waals surface area contributed by atoms with E-state index in [1.807, 2.05) is 0 Å². The van der Waals surface area contributed by atoms with Crippen LogP contribution >= 0.6 is 0 Å². The second-order valence-corrected chi connectivity index (χ2v) is 4.61. The Kier molecular flexibility index (Phi) is 6.14. The van der Waals surface area contributed by atoms with E-state index in [4.69, 9.17) is 9.90 Å². The molecule has 1 aromatic rings. The normalized spacial score (nSPS) is 14.5. The summed E-state index contributed by atoms with van der Waals surface area (Å²) in [5, 5.41) is 8.78. The second-order valence-electron chi connectivity index (χ2n) is 4.61. The van der Waals surface area contributed by atoms with Crippen molar-refractivity contribution in [2.24, 2.45) is 0 Å². The maximum Gasteiger partial charge on any atom is 0.430 e. The van der Waals surface area contributed by atoms with Crippen LogP contribution in [0.5, 0.6) is 0 Å². The molecule has 21 heavy (non-hydrogen) atoms. The Morgan fingerprint density at radius 3 is 2.33 bits per heavy atom. The number of hydrogen-bond donors (Lipinski definition) is 0. The van der Waals surface area contributed by atoms with Crippen LogP contribution in [0.4, 0.5) is 13.2 Å². The number of allylic oxidation sites excluding steroid dienone is 1. The molecule has 0 unspecified atom stereocenters. The van der Waals surface area contributed by atoms with Crippen molar-refractivity contribution in [3.05, 3.63) is 47.5 Å². The van der Waals surface area contributed by atoms with Gasteiger partial charge in [-0.25, -0.2) is 4.58 Å². The van der Waals surface area contributed by atoms with Crippen LogP contribution in [0.15, 0.2) is 42.0 Å². The highest BCUT2D eigenvalue weighted by atomic mass is 19.4. The van der Waals surface area contributed by atoms with Gasteiger partial charge in [0.2, 0.25) is 0 Å². The van der Waals surface area contributed by atoms with Gasteiger partial charge >= 0.3 is 6.18 Å². The monoisotopic (exact) mass is 299 g/mol. The molecule has 1 aliphatic heterocycles. The Morgan fingerprint density at radius 1 is 1.29 bits per heavy atom. The summed E-state index contributed by atoms with van der Waals surface area (Å²) in [6.07, 6.45) is 0.521. The first-order valence-electron chi connectivity index (χ1n) is 6.37. The molecule has 0 N–H and O–H groups in total. The molecule has 1 heterocycles. The third-order valence-electron chi connectivity index (χ3n) is 2.73. The first-order chi connectivity index (χ1) is 9.79. The van der Waals surface area contributed by atoms with Gasteiger partial charge in [-0.3, -0.25) is 0 Å². The standard InChI is InChI=1S/C13H16N.C2HF3O2/c1-12-6-5-9-14(10-12)11-13-7-3-2-4-8-13;3-2(4,5)1(6)7/h2-4,6-8,10H,5,9,11H2,1H3;(H,6,7)/q+1;/p-1. The van der Waals surface area contributed by atoms with E-state index in [0.717, 1.165) is 13.1 Å². The minimum Gasteiger partial charge on any atom is -0.542 e. The van der Waals surface area contributed by atoms with E-state index < -0.39 is 12.1 Å². The molecule has 1 aromatic carbocycles. The van der Waals surface area contributed by atoms with Crippen molar-refractivity contribution >= 4 is 12.2 Å². The molecule has 0 bridgehead atoms. The van der Waals surface area contributed by atoms with Crippen LogP contribution in [0.2, 0.25) is 0 Å². The number of carbonyl (C=O) groups excluding carboxylic acids is 1.